The van der Waals surface area contributed by atoms with Crippen molar-refractivity contribution in [3.63, 3.8) is 0 Å². The Hall–Kier alpha value is -0.970. The number of hydrogen-bond acceptors (Lipinski definition) is 1. The number of nitrogens with one attached hydrogen (secondary N) is 1. The Bertz CT molecular complexity index is 365. The van der Waals surface area contributed by atoms with Gasteiger partial charge in [0.25, 0.3) is 0 Å². The van der Waals surface area contributed by atoms with Crippen LogP contribution in [0.25, 0.3) is 0 Å². The van der Waals surface area contributed by atoms with Crippen LogP contribution in [-0.2, 0) is 0 Å². The minimum absolute atomic E-state index is 0.0858. The molecule has 2 heteroatoms. The first-order valence-corrected chi connectivity index (χ1v) is 5.53. The van der Waals surface area contributed by atoms with E-state index in [0.717, 1.165) is 29.1 Å². The molecular formula is C13H16ClN. The van der Waals surface area contributed by atoms with E-state index in [2.05, 4.69) is 18.2 Å². The van der Waals surface area contributed by atoms with Crippen molar-refractivity contribution in [3.8, 4) is 12.3 Å². The summed E-state index contributed by atoms with van der Waals surface area (Å²) in [6.45, 7) is 5.00. The quantitative estimate of drug-likeness (QED) is 0.770. The molecule has 0 saturated heterocycles. The van der Waals surface area contributed by atoms with E-state index in [1.807, 2.05) is 25.1 Å². The van der Waals surface area contributed by atoms with Gasteiger partial charge in [0.05, 0.1) is 6.04 Å². The van der Waals surface area contributed by atoms with Crippen molar-refractivity contribution in [2.75, 3.05) is 6.54 Å². The van der Waals surface area contributed by atoms with Gasteiger partial charge in [0, 0.05) is 10.6 Å². The molecular weight excluding hydrogens is 206 g/mol. The zero-order valence-electron chi connectivity index (χ0n) is 9.18. The average Bonchev–Trinajstić information content (AvgIpc) is 2.25. The molecule has 80 valence electrons. The SMILES string of the molecule is C#CC(NCCC)c1cccc(C)c1Cl. The van der Waals surface area contributed by atoms with Gasteiger partial charge in [0.15, 0.2) is 0 Å². The summed E-state index contributed by atoms with van der Waals surface area (Å²) >= 11 is 6.21. The number of benzene rings is 1. The van der Waals surface area contributed by atoms with Crippen LogP contribution < -0.4 is 5.32 Å². The summed E-state index contributed by atoms with van der Waals surface area (Å²) in [4.78, 5) is 0. The highest BCUT2D eigenvalue weighted by atomic mass is 35.5. The third kappa shape index (κ3) is 2.99. The van der Waals surface area contributed by atoms with Crippen molar-refractivity contribution in [3.05, 3.63) is 34.3 Å². The third-order valence-electron chi connectivity index (χ3n) is 2.30. The zero-order valence-corrected chi connectivity index (χ0v) is 9.93. The van der Waals surface area contributed by atoms with Gasteiger partial charge in [-0.2, -0.15) is 0 Å². The second kappa shape index (κ2) is 5.80. The lowest BCUT2D eigenvalue weighted by atomic mass is 10.0. The Morgan fingerprint density at radius 1 is 1.53 bits per heavy atom. The molecule has 0 aliphatic rings. The number of halogens is 1. The number of hydrogen-bond donors (Lipinski definition) is 1. The van der Waals surface area contributed by atoms with Crippen molar-refractivity contribution in [2.45, 2.75) is 26.3 Å². The zero-order chi connectivity index (χ0) is 11.3. The average molecular weight is 222 g/mol. The largest absolute Gasteiger partial charge is 0.300 e. The predicted molar refractivity (Wildman–Crippen MR) is 66.1 cm³/mol. The first kappa shape index (κ1) is 12.1. The highest BCUT2D eigenvalue weighted by Gasteiger charge is 2.11. The molecule has 1 atom stereocenters. The molecule has 1 N–H and O–H groups in total. The van der Waals surface area contributed by atoms with Gasteiger partial charge in [-0.05, 0) is 25.5 Å². The number of aryl methyl sites for hydroxylation is 1. The number of terminal acetylenes is 1. The molecule has 0 fully saturated rings. The van der Waals surface area contributed by atoms with Crippen molar-refractivity contribution in [1.82, 2.24) is 5.32 Å². The summed E-state index contributed by atoms with van der Waals surface area (Å²) in [6, 6.07) is 5.85. The molecule has 0 spiro atoms. The van der Waals surface area contributed by atoms with Crippen molar-refractivity contribution >= 4 is 11.6 Å². The molecule has 1 nitrogen and oxygen atoms in total. The Morgan fingerprint density at radius 2 is 2.27 bits per heavy atom. The number of rotatable bonds is 4. The molecule has 0 aliphatic heterocycles. The van der Waals surface area contributed by atoms with Crippen LogP contribution >= 0.6 is 11.6 Å². The molecule has 0 bridgehead atoms. The van der Waals surface area contributed by atoms with E-state index < -0.39 is 0 Å². The molecule has 0 radical (unpaired) electrons. The minimum Gasteiger partial charge on any atom is -0.300 e. The van der Waals surface area contributed by atoms with E-state index in [1.54, 1.807) is 0 Å². The van der Waals surface area contributed by atoms with E-state index in [0.29, 0.717) is 0 Å². The van der Waals surface area contributed by atoms with Gasteiger partial charge in [0.2, 0.25) is 0 Å². The summed E-state index contributed by atoms with van der Waals surface area (Å²) in [5.41, 5.74) is 2.06. The molecule has 15 heavy (non-hydrogen) atoms. The normalized spacial score (nSPS) is 12.1. The van der Waals surface area contributed by atoms with E-state index in [9.17, 15) is 0 Å². The second-order valence-electron chi connectivity index (χ2n) is 3.53. The van der Waals surface area contributed by atoms with Crippen LogP contribution in [-0.4, -0.2) is 6.54 Å². The maximum atomic E-state index is 6.21. The molecule has 0 aliphatic carbocycles. The van der Waals surface area contributed by atoms with Crippen LogP contribution in [0.4, 0.5) is 0 Å². The molecule has 0 aromatic heterocycles. The molecule has 1 rings (SSSR count). The smallest absolute Gasteiger partial charge is 0.0957 e. The molecule has 0 amide bonds. The summed E-state index contributed by atoms with van der Waals surface area (Å²) in [6.07, 6.45) is 6.55. The summed E-state index contributed by atoms with van der Waals surface area (Å²) < 4.78 is 0. The lowest BCUT2D eigenvalue weighted by Gasteiger charge is -2.15. The van der Waals surface area contributed by atoms with Crippen LogP contribution in [0.1, 0.15) is 30.5 Å². The van der Waals surface area contributed by atoms with Crippen molar-refractivity contribution < 1.29 is 0 Å². The highest BCUT2D eigenvalue weighted by molar-refractivity contribution is 6.32. The fourth-order valence-electron chi connectivity index (χ4n) is 1.44. The minimum atomic E-state index is -0.0858. The molecule has 1 aromatic rings. The Labute approximate surface area is 96.8 Å². The van der Waals surface area contributed by atoms with Gasteiger partial charge >= 0.3 is 0 Å². The maximum Gasteiger partial charge on any atom is 0.0957 e. The van der Waals surface area contributed by atoms with Gasteiger partial charge in [0.1, 0.15) is 0 Å². The topological polar surface area (TPSA) is 12.0 Å². The van der Waals surface area contributed by atoms with Crippen LogP contribution in [0.2, 0.25) is 5.02 Å². The van der Waals surface area contributed by atoms with Crippen molar-refractivity contribution in [1.29, 1.82) is 0 Å². The first-order valence-electron chi connectivity index (χ1n) is 5.15. The van der Waals surface area contributed by atoms with Gasteiger partial charge in [-0.3, -0.25) is 5.32 Å². The highest BCUT2D eigenvalue weighted by Crippen LogP contribution is 2.25. The van der Waals surface area contributed by atoms with Gasteiger partial charge in [-0.25, -0.2) is 0 Å². The van der Waals surface area contributed by atoms with E-state index >= 15 is 0 Å². The van der Waals surface area contributed by atoms with Crippen molar-refractivity contribution in [2.24, 2.45) is 0 Å². The molecule has 1 aromatic carbocycles. The lowest BCUT2D eigenvalue weighted by molar-refractivity contribution is 0.626. The summed E-state index contributed by atoms with van der Waals surface area (Å²) in [5, 5.41) is 4.05. The molecule has 1 unspecified atom stereocenters. The van der Waals surface area contributed by atoms with E-state index in [1.165, 1.54) is 0 Å². The molecule has 0 saturated carbocycles. The van der Waals surface area contributed by atoms with Crippen LogP contribution in [0.5, 0.6) is 0 Å². The van der Waals surface area contributed by atoms with Gasteiger partial charge in [-0.1, -0.05) is 42.6 Å². The summed E-state index contributed by atoms with van der Waals surface area (Å²) in [5.74, 6) is 2.73. The molecule has 0 heterocycles. The maximum absolute atomic E-state index is 6.21. The van der Waals surface area contributed by atoms with Gasteiger partial charge in [-0.15, -0.1) is 6.42 Å². The Morgan fingerprint density at radius 3 is 2.87 bits per heavy atom. The van der Waals surface area contributed by atoms with Crippen LogP contribution in [0.15, 0.2) is 18.2 Å². The van der Waals surface area contributed by atoms with E-state index in [4.69, 9.17) is 18.0 Å². The monoisotopic (exact) mass is 221 g/mol. The summed E-state index contributed by atoms with van der Waals surface area (Å²) in [7, 11) is 0. The third-order valence-corrected chi connectivity index (χ3v) is 2.81. The second-order valence-corrected chi connectivity index (χ2v) is 3.91. The standard InChI is InChI=1S/C13H16ClN/c1-4-9-15-12(5-2)11-8-6-7-10(3)13(11)14/h2,6-8,12,15H,4,9H2,1,3H3. The van der Waals surface area contributed by atoms with E-state index in [-0.39, 0.29) is 6.04 Å². The predicted octanol–water partition coefficient (Wildman–Crippen LogP) is 3.32. The first-order chi connectivity index (χ1) is 7.20. The van der Waals surface area contributed by atoms with Crippen LogP contribution in [0.3, 0.4) is 0 Å². The van der Waals surface area contributed by atoms with Crippen LogP contribution in [0, 0.1) is 19.3 Å². The Kier molecular flexibility index (Phi) is 4.68. The fourth-order valence-corrected chi connectivity index (χ4v) is 1.68. The Balaban J connectivity index is 2.93. The lowest BCUT2D eigenvalue weighted by Crippen LogP contribution is -2.21. The van der Waals surface area contributed by atoms with Gasteiger partial charge < -0.3 is 0 Å². The fraction of sp³-hybridized carbons (Fsp3) is 0.385.